The number of morpholine rings is 1. The van der Waals surface area contributed by atoms with Crippen LogP contribution < -0.4 is 20.4 Å². The molecular weight excluding hydrogens is 614 g/mol. The number of benzene rings is 2. The van der Waals surface area contributed by atoms with E-state index < -0.39 is 6.03 Å². The fourth-order valence-corrected chi connectivity index (χ4v) is 5.27. The van der Waals surface area contributed by atoms with Gasteiger partial charge in [-0.15, -0.1) is 0 Å². The third-order valence-corrected chi connectivity index (χ3v) is 8.14. The van der Waals surface area contributed by atoms with Gasteiger partial charge in [0.2, 0.25) is 11.9 Å². The van der Waals surface area contributed by atoms with E-state index in [-0.39, 0.29) is 11.9 Å². The van der Waals surface area contributed by atoms with Gasteiger partial charge in [-0.1, -0.05) is 0 Å². The Morgan fingerprint density at radius 2 is 1.25 bits per heavy atom. The molecule has 2 saturated heterocycles. The summed E-state index contributed by atoms with van der Waals surface area (Å²) in [6, 6.07) is 13.7. The van der Waals surface area contributed by atoms with Gasteiger partial charge in [0, 0.05) is 96.0 Å². The minimum atomic E-state index is -0.408. The van der Waals surface area contributed by atoms with Crippen molar-refractivity contribution >= 4 is 41.2 Å². The molecule has 0 atom stereocenters. The predicted molar refractivity (Wildman–Crippen MR) is 186 cm³/mol. The van der Waals surface area contributed by atoms with Gasteiger partial charge >= 0.3 is 12.1 Å². The quantitative estimate of drug-likeness (QED) is 0.352. The largest absolute Gasteiger partial charge is 0.378 e. The van der Waals surface area contributed by atoms with Gasteiger partial charge in [0.1, 0.15) is 0 Å². The molecule has 0 aliphatic carbocycles. The third kappa shape index (κ3) is 8.86. The zero-order valence-corrected chi connectivity index (χ0v) is 28.3. The lowest BCUT2D eigenvalue weighted by atomic mass is 10.2. The van der Waals surface area contributed by atoms with Crippen molar-refractivity contribution in [3.8, 4) is 11.4 Å². The average molecular weight is 660 g/mol. The van der Waals surface area contributed by atoms with E-state index in [1.165, 1.54) is 0 Å². The molecular formula is C33H45N11O4. The topological polar surface area (TPSA) is 143 Å². The molecule has 2 aliphatic heterocycles. The highest BCUT2D eigenvalue weighted by atomic mass is 16.5. The second-order valence-corrected chi connectivity index (χ2v) is 12.3. The zero-order valence-electron chi connectivity index (χ0n) is 28.3. The van der Waals surface area contributed by atoms with Crippen LogP contribution in [0.25, 0.3) is 11.4 Å². The minimum absolute atomic E-state index is 0.00791. The summed E-state index contributed by atoms with van der Waals surface area (Å²) in [5, 5.41) is 5.66. The van der Waals surface area contributed by atoms with Gasteiger partial charge in [-0.25, -0.2) is 9.59 Å². The van der Waals surface area contributed by atoms with Crippen LogP contribution in [0.5, 0.6) is 0 Å². The molecule has 2 N–H and O–H groups in total. The number of amides is 5. The number of urea groups is 2. The molecule has 0 unspecified atom stereocenters. The van der Waals surface area contributed by atoms with Gasteiger partial charge in [0.25, 0.3) is 5.91 Å². The number of carbonyl (C=O) groups excluding carboxylic acids is 3. The van der Waals surface area contributed by atoms with Crippen molar-refractivity contribution < 1.29 is 19.1 Å². The van der Waals surface area contributed by atoms with E-state index in [0.717, 1.165) is 12.1 Å². The molecule has 256 valence electrons. The van der Waals surface area contributed by atoms with Crippen LogP contribution in [0.3, 0.4) is 0 Å². The number of rotatable bonds is 9. The second-order valence-electron chi connectivity index (χ2n) is 12.3. The fraction of sp³-hybridized carbons (Fsp3) is 0.455. The van der Waals surface area contributed by atoms with Crippen molar-refractivity contribution in [1.29, 1.82) is 0 Å². The third-order valence-electron chi connectivity index (χ3n) is 8.14. The Labute approximate surface area is 281 Å². The van der Waals surface area contributed by atoms with E-state index in [1.807, 2.05) is 36.0 Å². The van der Waals surface area contributed by atoms with Crippen molar-refractivity contribution in [3.63, 3.8) is 0 Å². The van der Waals surface area contributed by atoms with E-state index in [0.29, 0.717) is 93.7 Å². The maximum Gasteiger partial charge on any atom is 0.323 e. The summed E-state index contributed by atoms with van der Waals surface area (Å²) in [5.41, 5.74) is 2.49. The number of anilines is 4. The number of carbonyl (C=O) groups is 3. The Hall–Kier alpha value is -5.02. The number of aromatic nitrogens is 3. The first-order valence-corrected chi connectivity index (χ1v) is 16.1. The smallest absolute Gasteiger partial charge is 0.323 e. The van der Waals surface area contributed by atoms with Gasteiger partial charge in [-0.2, -0.15) is 15.0 Å². The Kier molecular flexibility index (Phi) is 11.2. The Morgan fingerprint density at radius 1 is 0.708 bits per heavy atom. The maximum absolute atomic E-state index is 12.8. The minimum Gasteiger partial charge on any atom is -0.378 e. The van der Waals surface area contributed by atoms with Crippen molar-refractivity contribution in [3.05, 3.63) is 54.1 Å². The number of likely N-dealkylation sites (N-methyl/N-ethyl adjacent to an activating group) is 2. The van der Waals surface area contributed by atoms with Crippen LogP contribution in [0, 0.1) is 0 Å². The number of ether oxygens (including phenoxy) is 1. The first kappa shape index (κ1) is 34.3. The van der Waals surface area contributed by atoms with Gasteiger partial charge in [0.15, 0.2) is 5.82 Å². The average Bonchev–Trinajstić information content (AvgIpc) is 3.10. The summed E-state index contributed by atoms with van der Waals surface area (Å²) in [7, 11) is 9.22. The molecule has 0 radical (unpaired) electrons. The standard InChI is InChI=1S/C33H45N11O4/c1-39(2)14-15-41(5)29(45)25-8-12-27(13-9-25)35-32(46)34-26-10-6-24(7-11-26)28-36-30(38-31(37-28)43-20-22-48-23-21-43)42-16-18-44(19-17-42)33(47)40(3)4/h6-13H,14-23H2,1-5H3,(H2,34,35,46). The number of nitrogens with zero attached hydrogens (tertiary/aromatic N) is 9. The van der Waals surface area contributed by atoms with Crippen LogP contribution in [0.15, 0.2) is 48.5 Å². The van der Waals surface area contributed by atoms with Crippen molar-refractivity contribution in [2.45, 2.75) is 0 Å². The summed E-state index contributed by atoms with van der Waals surface area (Å²) < 4.78 is 5.54. The molecule has 5 rings (SSSR count). The Balaban J connectivity index is 1.24. The summed E-state index contributed by atoms with van der Waals surface area (Å²) in [6.07, 6.45) is 0. The Morgan fingerprint density at radius 3 is 1.79 bits per heavy atom. The highest BCUT2D eigenvalue weighted by molar-refractivity contribution is 6.00. The summed E-state index contributed by atoms with van der Waals surface area (Å²) >= 11 is 0. The lowest BCUT2D eigenvalue weighted by molar-refractivity contribution is 0.0786. The SMILES string of the molecule is CN(C)CCN(C)C(=O)c1ccc(NC(=O)Nc2ccc(-c3nc(N4CCOCC4)nc(N4CCN(C(=O)N(C)C)CC4)n3)cc2)cc1. The van der Waals surface area contributed by atoms with Crippen LogP contribution in [-0.2, 0) is 4.74 Å². The van der Waals surface area contributed by atoms with Gasteiger partial charge in [-0.3, -0.25) is 4.79 Å². The van der Waals surface area contributed by atoms with Gasteiger partial charge in [-0.05, 0) is 62.6 Å². The summed E-state index contributed by atoms with van der Waals surface area (Å²) in [6.45, 7) is 6.31. The van der Waals surface area contributed by atoms with E-state index in [4.69, 9.17) is 19.7 Å². The number of hydrogen-bond donors (Lipinski definition) is 2. The van der Waals surface area contributed by atoms with E-state index in [2.05, 4.69) is 20.4 Å². The lowest BCUT2D eigenvalue weighted by Gasteiger charge is -2.36. The first-order valence-electron chi connectivity index (χ1n) is 16.1. The number of nitrogens with one attached hydrogen (secondary N) is 2. The van der Waals surface area contributed by atoms with Crippen LogP contribution in [0.4, 0.5) is 32.9 Å². The summed E-state index contributed by atoms with van der Waals surface area (Å²) in [4.78, 5) is 63.6. The zero-order chi connectivity index (χ0) is 34.2. The number of hydrogen-bond acceptors (Lipinski definition) is 10. The number of piperazine rings is 1. The molecule has 2 aliphatic rings. The molecule has 2 fully saturated rings. The van der Waals surface area contributed by atoms with E-state index in [9.17, 15) is 14.4 Å². The van der Waals surface area contributed by atoms with Crippen molar-refractivity contribution in [1.82, 2.24) is 34.6 Å². The molecule has 2 aromatic carbocycles. The van der Waals surface area contributed by atoms with Crippen LogP contribution in [0.2, 0.25) is 0 Å². The van der Waals surface area contributed by atoms with E-state index in [1.54, 1.807) is 67.3 Å². The van der Waals surface area contributed by atoms with E-state index >= 15 is 0 Å². The van der Waals surface area contributed by atoms with Crippen LogP contribution in [0.1, 0.15) is 10.4 Å². The van der Waals surface area contributed by atoms with Crippen LogP contribution >= 0.6 is 0 Å². The molecule has 3 aromatic rings. The molecule has 15 heteroatoms. The molecule has 48 heavy (non-hydrogen) atoms. The second kappa shape index (κ2) is 15.7. The molecule has 0 saturated carbocycles. The highest BCUT2D eigenvalue weighted by Gasteiger charge is 2.26. The molecule has 5 amide bonds. The molecule has 1 aromatic heterocycles. The first-order chi connectivity index (χ1) is 23.1. The summed E-state index contributed by atoms with van der Waals surface area (Å²) in [5.74, 6) is 1.59. The normalized spacial score (nSPS) is 14.9. The maximum atomic E-state index is 12.8. The fourth-order valence-electron chi connectivity index (χ4n) is 5.27. The van der Waals surface area contributed by atoms with Crippen molar-refractivity contribution in [2.24, 2.45) is 0 Å². The van der Waals surface area contributed by atoms with Gasteiger partial charge < -0.3 is 44.8 Å². The molecule has 15 nitrogen and oxygen atoms in total. The monoisotopic (exact) mass is 659 g/mol. The molecule has 3 heterocycles. The molecule has 0 bridgehead atoms. The lowest BCUT2D eigenvalue weighted by Crippen LogP contribution is -2.52. The molecule has 0 spiro atoms. The highest BCUT2D eigenvalue weighted by Crippen LogP contribution is 2.24. The predicted octanol–water partition coefficient (Wildman–Crippen LogP) is 2.46. The van der Waals surface area contributed by atoms with Gasteiger partial charge in [0.05, 0.1) is 13.2 Å². The van der Waals surface area contributed by atoms with Crippen LogP contribution in [-0.4, -0.2) is 153 Å². The Bertz CT molecular complexity index is 1550. The van der Waals surface area contributed by atoms with Crippen molar-refractivity contribution in [2.75, 3.05) is 121 Å².